The zero-order valence-electron chi connectivity index (χ0n) is 13.6. The van der Waals surface area contributed by atoms with E-state index in [1.165, 1.54) is 24.4 Å². The first-order valence-corrected chi connectivity index (χ1v) is 8.13. The Morgan fingerprint density at radius 2 is 1.81 bits per heavy atom. The number of amides is 2. The molecule has 0 radical (unpaired) electrons. The smallest absolute Gasteiger partial charge is 0.329 e. The van der Waals surface area contributed by atoms with Crippen LogP contribution in [-0.2, 0) is 14.4 Å². The summed E-state index contributed by atoms with van der Waals surface area (Å²) < 4.78 is 4.92. The van der Waals surface area contributed by atoms with Crippen LogP contribution in [0.3, 0.4) is 0 Å². The van der Waals surface area contributed by atoms with Gasteiger partial charge in [0.1, 0.15) is 12.4 Å². The number of nitrogens with zero attached hydrogens (tertiary/aromatic N) is 1. The highest BCUT2D eigenvalue weighted by atomic mass is 35.5. The quantitative estimate of drug-likeness (QED) is 0.422. The molecule has 0 atom stereocenters. The Morgan fingerprint density at radius 3 is 2.48 bits per heavy atom. The van der Waals surface area contributed by atoms with Crippen molar-refractivity contribution in [3.8, 4) is 5.75 Å². The number of hydrogen-bond acceptors (Lipinski definition) is 6. The first-order chi connectivity index (χ1) is 12.9. The fraction of sp³-hybridized carbons (Fsp3) is 0.0588. The Morgan fingerprint density at radius 1 is 1.07 bits per heavy atom. The van der Waals surface area contributed by atoms with Crippen molar-refractivity contribution >= 4 is 52.9 Å². The van der Waals surface area contributed by atoms with Crippen LogP contribution in [-0.4, -0.2) is 30.6 Å². The third-order valence-electron chi connectivity index (χ3n) is 3.01. The SMILES string of the molecule is O=C([O-])COc1ccc(/C=N\NC(=O)C(=O)Nc2ccccc2Cl)cc1Cl. The molecule has 2 amide bonds. The Balaban J connectivity index is 1.91. The molecule has 0 heterocycles. The van der Waals surface area contributed by atoms with Crippen molar-refractivity contribution in [2.24, 2.45) is 5.10 Å². The minimum absolute atomic E-state index is 0.142. The minimum atomic E-state index is -1.38. The fourth-order valence-corrected chi connectivity index (χ4v) is 2.24. The summed E-state index contributed by atoms with van der Waals surface area (Å²) in [6, 6.07) is 10.8. The highest BCUT2D eigenvalue weighted by molar-refractivity contribution is 6.41. The standard InChI is InChI=1S/C17H13Cl2N3O5/c18-11-3-1-2-4-13(11)21-16(25)17(26)22-20-8-10-5-6-14(12(19)7-10)27-9-15(23)24/h1-8H,9H2,(H,21,25)(H,22,26)(H,23,24)/p-1/b20-8-. The van der Waals surface area contributed by atoms with Crippen molar-refractivity contribution in [1.29, 1.82) is 0 Å². The Hall–Kier alpha value is -3.10. The molecule has 8 nitrogen and oxygen atoms in total. The lowest BCUT2D eigenvalue weighted by atomic mass is 10.2. The Bertz CT molecular complexity index is 902. The van der Waals surface area contributed by atoms with Crippen LogP contribution in [0.25, 0.3) is 0 Å². The van der Waals surface area contributed by atoms with Gasteiger partial charge in [-0.05, 0) is 35.9 Å². The molecule has 0 saturated carbocycles. The van der Waals surface area contributed by atoms with Crippen LogP contribution in [0.2, 0.25) is 10.0 Å². The highest BCUT2D eigenvalue weighted by Crippen LogP contribution is 2.24. The second-order valence-corrected chi connectivity index (χ2v) is 5.80. The number of hydrogen-bond donors (Lipinski definition) is 2. The van der Waals surface area contributed by atoms with Crippen molar-refractivity contribution in [3.63, 3.8) is 0 Å². The maximum absolute atomic E-state index is 11.8. The van der Waals surface area contributed by atoms with Gasteiger partial charge in [-0.15, -0.1) is 0 Å². The van der Waals surface area contributed by atoms with E-state index in [-0.39, 0.29) is 15.8 Å². The maximum Gasteiger partial charge on any atom is 0.329 e. The fourth-order valence-electron chi connectivity index (χ4n) is 1.81. The van der Waals surface area contributed by atoms with Crippen molar-refractivity contribution in [2.45, 2.75) is 0 Å². The number of carboxylic acid groups (broad SMARTS) is 1. The van der Waals surface area contributed by atoms with Crippen molar-refractivity contribution in [1.82, 2.24) is 5.43 Å². The van der Waals surface area contributed by atoms with Crippen LogP contribution >= 0.6 is 23.2 Å². The zero-order valence-corrected chi connectivity index (χ0v) is 15.1. The normalized spacial score (nSPS) is 10.4. The third kappa shape index (κ3) is 6.28. The number of nitrogens with one attached hydrogen (secondary N) is 2. The molecule has 0 saturated heterocycles. The van der Waals surface area contributed by atoms with Crippen LogP contribution in [0.5, 0.6) is 5.75 Å². The molecular weight excluding hydrogens is 397 g/mol. The predicted octanol–water partition coefficient (Wildman–Crippen LogP) is 1.21. The number of carboxylic acids is 1. The number of carbonyl (C=O) groups is 3. The van der Waals surface area contributed by atoms with Crippen LogP contribution in [0.1, 0.15) is 5.56 Å². The summed E-state index contributed by atoms with van der Waals surface area (Å²) in [4.78, 5) is 33.9. The van der Waals surface area contributed by atoms with Gasteiger partial charge in [0.15, 0.2) is 0 Å². The van der Waals surface area contributed by atoms with Gasteiger partial charge in [-0.3, -0.25) is 9.59 Å². The lowest BCUT2D eigenvalue weighted by molar-refractivity contribution is -0.307. The average Bonchev–Trinajstić information content (AvgIpc) is 2.62. The van der Waals surface area contributed by atoms with Crippen molar-refractivity contribution < 1.29 is 24.2 Å². The lowest BCUT2D eigenvalue weighted by Gasteiger charge is -2.08. The molecule has 2 rings (SSSR count). The topological polar surface area (TPSA) is 120 Å². The van der Waals surface area contributed by atoms with E-state index in [0.29, 0.717) is 11.3 Å². The maximum atomic E-state index is 11.8. The number of halogens is 2. The number of benzene rings is 2. The molecule has 140 valence electrons. The molecule has 0 spiro atoms. The second-order valence-electron chi connectivity index (χ2n) is 4.98. The summed E-state index contributed by atoms with van der Waals surface area (Å²) in [5.41, 5.74) is 2.83. The molecule has 2 N–H and O–H groups in total. The van der Waals surface area contributed by atoms with Gasteiger partial charge in [-0.25, -0.2) is 5.43 Å². The second kappa shape index (κ2) is 9.56. The van der Waals surface area contributed by atoms with E-state index in [1.54, 1.807) is 24.3 Å². The molecular formula is C17H12Cl2N3O5-. The van der Waals surface area contributed by atoms with Crippen molar-refractivity contribution in [2.75, 3.05) is 11.9 Å². The molecule has 2 aromatic carbocycles. The van der Waals surface area contributed by atoms with Gasteiger partial charge in [0.05, 0.1) is 27.9 Å². The molecule has 10 heteroatoms. The monoisotopic (exact) mass is 408 g/mol. The van der Waals surface area contributed by atoms with Gasteiger partial charge in [0.2, 0.25) is 0 Å². The molecule has 0 aliphatic carbocycles. The number of rotatable bonds is 6. The summed E-state index contributed by atoms with van der Waals surface area (Å²) >= 11 is 11.8. The summed E-state index contributed by atoms with van der Waals surface area (Å²) in [7, 11) is 0. The summed E-state index contributed by atoms with van der Waals surface area (Å²) in [5, 5.41) is 16.8. The molecule has 2 aromatic rings. The summed E-state index contributed by atoms with van der Waals surface area (Å²) in [6.07, 6.45) is 1.25. The van der Waals surface area contributed by atoms with E-state index in [4.69, 9.17) is 27.9 Å². The molecule has 0 bridgehead atoms. The summed E-state index contributed by atoms with van der Waals surface area (Å²) in [6.45, 7) is -0.635. The van der Waals surface area contributed by atoms with Gasteiger partial charge in [0.25, 0.3) is 0 Å². The van der Waals surface area contributed by atoms with Gasteiger partial charge in [0, 0.05) is 0 Å². The van der Waals surface area contributed by atoms with E-state index in [2.05, 4.69) is 15.8 Å². The average molecular weight is 409 g/mol. The van der Waals surface area contributed by atoms with E-state index >= 15 is 0 Å². The predicted molar refractivity (Wildman–Crippen MR) is 97.8 cm³/mol. The summed E-state index contributed by atoms with van der Waals surface area (Å²) in [5.74, 6) is -3.16. The number of hydrazone groups is 1. The van der Waals surface area contributed by atoms with Gasteiger partial charge in [-0.1, -0.05) is 35.3 Å². The molecule has 0 unspecified atom stereocenters. The number of anilines is 1. The molecule has 27 heavy (non-hydrogen) atoms. The number of carbonyl (C=O) groups excluding carboxylic acids is 3. The van der Waals surface area contributed by atoms with Crippen LogP contribution in [0, 0.1) is 0 Å². The zero-order chi connectivity index (χ0) is 19.8. The largest absolute Gasteiger partial charge is 0.546 e. The minimum Gasteiger partial charge on any atom is -0.546 e. The number of ether oxygens (including phenoxy) is 1. The first-order valence-electron chi connectivity index (χ1n) is 7.38. The van der Waals surface area contributed by atoms with E-state index in [0.717, 1.165) is 0 Å². The Kier molecular flexibility index (Phi) is 7.16. The molecule has 0 aromatic heterocycles. The molecule has 0 aliphatic heterocycles. The number of aliphatic carboxylic acids is 1. The number of para-hydroxylation sites is 1. The third-order valence-corrected chi connectivity index (χ3v) is 3.63. The van der Waals surface area contributed by atoms with Crippen LogP contribution in [0.4, 0.5) is 5.69 Å². The van der Waals surface area contributed by atoms with Crippen LogP contribution < -0.4 is 20.6 Å². The van der Waals surface area contributed by atoms with Crippen LogP contribution in [0.15, 0.2) is 47.6 Å². The van der Waals surface area contributed by atoms with E-state index in [1.807, 2.05) is 0 Å². The highest BCUT2D eigenvalue weighted by Gasteiger charge is 2.14. The first kappa shape index (κ1) is 20.2. The van der Waals surface area contributed by atoms with Gasteiger partial charge >= 0.3 is 11.8 Å². The van der Waals surface area contributed by atoms with E-state index < -0.39 is 24.4 Å². The lowest BCUT2D eigenvalue weighted by Crippen LogP contribution is -2.32. The Labute approximate surface area is 163 Å². The van der Waals surface area contributed by atoms with E-state index in [9.17, 15) is 19.5 Å². The molecule has 0 aliphatic rings. The van der Waals surface area contributed by atoms with Crippen molar-refractivity contribution in [3.05, 3.63) is 58.1 Å². The van der Waals surface area contributed by atoms with Gasteiger partial charge in [-0.2, -0.15) is 5.10 Å². The van der Waals surface area contributed by atoms with Gasteiger partial charge < -0.3 is 20.0 Å². The molecule has 0 fully saturated rings.